The Morgan fingerprint density at radius 2 is 1.81 bits per heavy atom. The highest BCUT2D eigenvalue weighted by molar-refractivity contribution is 5.78. The van der Waals surface area contributed by atoms with Crippen molar-refractivity contribution >= 4 is 5.91 Å². The lowest BCUT2D eigenvalue weighted by Gasteiger charge is -2.20. The van der Waals surface area contributed by atoms with Crippen LogP contribution < -0.4 is 0 Å². The summed E-state index contributed by atoms with van der Waals surface area (Å²) in [6.07, 6.45) is 2.25. The molecular formula is C17H22N2O2. The Morgan fingerprint density at radius 1 is 1.14 bits per heavy atom. The van der Waals surface area contributed by atoms with Gasteiger partial charge in [0.05, 0.1) is 12.1 Å². The molecule has 0 radical (unpaired) electrons. The number of nitrogens with zero attached hydrogens (tertiary/aromatic N) is 2. The second-order valence-electron chi connectivity index (χ2n) is 5.11. The molecule has 2 aromatic rings. The van der Waals surface area contributed by atoms with Crippen molar-refractivity contribution in [3.05, 3.63) is 42.1 Å². The highest BCUT2D eigenvalue weighted by Gasteiger charge is 2.15. The van der Waals surface area contributed by atoms with Crippen LogP contribution >= 0.6 is 0 Å². The zero-order valence-corrected chi connectivity index (χ0v) is 12.7. The second kappa shape index (κ2) is 7.62. The number of hydrogen-bond donors (Lipinski definition) is 0. The summed E-state index contributed by atoms with van der Waals surface area (Å²) in [5.41, 5.74) is 1.67. The van der Waals surface area contributed by atoms with Crippen LogP contribution in [0, 0.1) is 0 Å². The largest absolute Gasteiger partial charge is 0.356 e. The fourth-order valence-corrected chi connectivity index (χ4v) is 2.30. The van der Waals surface area contributed by atoms with Gasteiger partial charge in [0.25, 0.3) is 0 Å². The van der Waals surface area contributed by atoms with Gasteiger partial charge in [0.15, 0.2) is 5.76 Å². The molecule has 0 atom stereocenters. The summed E-state index contributed by atoms with van der Waals surface area (Å²) >= 11 is 0. The van der Waals surface area contributed by atoms with Crippen molar-refractivity contribution in [3.63, 3.8) is 0 Å². The molecule has 2 rings (SSSR count). The van der Waals surface area contributed by atoms with Gasteiger partial charge in [-0.15, -0.1) is 0 Å². The third-order valence-corrected chi connectivity index (χ3v) is 3.29. The van der Waals surface area contributed by atoms with Gasteiger partial charge in [-0.3, -0.25) is 4.79 Å². The molecule has 21 heavy (non-hydrogen) atoms. The molecule has 0 saturated carbocycles. The SMILES string of the molecule is CCCN(CCC)C(=O)Cc1cc(-c2ccccc2)on1. The van der Waals surface area contributed by atoms with Gasteiger partial charge in [-0.1, -0.05) is 49.3 Å². The molecule has 1 heterocycles. The Balaban J connectivity index is 2.03. The number of amides is 1. The van der Waals surface area contributed by atoms with E-state index in [0.29, 0.717) is 17.9 Å². The van der Waals surface area contributed by atoms with Gasteiger partial charge in [-0.25, -0.2) is 0 Å². The minimum Gasteiger partial charge on any atom is -0.356 e. The van der Waals surface area contributed by atoms with E-state index >= 15 is 0 Å². The summed E-state index contributed by atoms with van der Waals surface area (Å²) in [4.78, 5) is 14.2. The molecule has 1 amide bonds. The summed E-state index contributed by atoms with van der Waals surface area (Å²) in [5.74, 6) is 0.822. The highest BCUT2D eigenvalue weighted by Crippen LogP contribution is 2.20. The summed E-state index contributed by atoms with van der Waals surface area (Å²) in [6, 6.07) is 11.6. The van der Waals surface area contributed by atoms with Crippen LogP contribution in [0.15, 0.2) is 40.9 Å². The Labute approximate surface area is 125 Å². The molecule has 0 aliphatic rings. The number of aromatic nitrogens is 1. The quantitative estimate of drug-likeness (QED) is 0.782. The third-order valence-electron chi connectivity index (χ3n) is 3.29. The van der Waals surface area contributed by atoms with Crippen LogP contribution in [0.1, 0.15) is 32.4 Å². The topological polar surface area (TPSA) is 46.3 Å². The Bertz CT molecular complexity index is 557. The first-order valence-electron chi connectivity index (χ1n) is 7.53. The standard InChI is InChI=1S/C17H22N2O2/c1-3-10-19(11-4-2)17(20)13-15-12-16(21-18-15)14-8-6-5-7-9-14/h5-9,12H,3-4,10-11,13H2,1-2H3. The lowest BCUT2D eigenvalue weighted by Crippen LogP contribution is -2.33. The smallest absolute Gasteiger partial charge is 0.228 e. The van der Waals surface area contributed by atoms with Gasteiger partial charge < -0.3 is 9.42 Å². The van der Waals surface area contributed by atoms with Crippen LogP contribution in [-0.4, -0.2) is 29.1 Å². The molecule has 0 saturated heterocycles. The van der Waals surface area contributed by atoms with Crippen molar-refractivity contribution < 1.29 is 9.32 Å². The van der Waals surface area contributed by atoms with Crippen molar-refractivity contribution in [1.29, 1.82) is 0 Å². The van der Waals surface area contributed by atoms with Gasteiger partial charge in [0, 0.05) is 24.7 Å². The lowest BCUT2D eigenvalue weighted by atomic mass is 10.1. The second-order valence-corrected chi connectivity index (χ2v) is 5.11. The molecule has 0 bridgehead atoms. The molecule has 0 unspecified atom stereocenters. The van der Waals surface area contributed by atoms with E-state index in [9.17, 15) is 4.79 Å². The molecule has 4 heteroatoms. The Kier molecular flexibility index (Phi) is 5.55. The molecule has 4 nitrogen and oxygen atoms in total. The van der Waals surface area contributed by atoms with Crippen LogP contribution in [-0.2, 0) is 11.2 Å². The van der Waals surface area contributed by atoms with Crippen LogP contribution in [0.4, 0.5) is 0 Å². The number of carbonyl (C=O) groups excluding carboxylic acids is 1. The van der Waals surface area contributed by atoms with E-state index in [1.54, 1.807) is 0 Å². The van der Waals surface area contributed by atoms with Crippen molar-refractivity contribution in [2.24, 2.45) is 0 Å². The summed E-state index contributed by atoms with van der Waals surface area (Å²) < 4.78 is 5.33. The fourth-order valence-electron chi connectivity index (χ4n) is 2.30. The van der Waals surface area contributed by atoms with Gasteiger partial charge in [0.2, 0.25) is 5.91 Å². The fraction of sp³-hybridized carbons (Fsp3) is 0.412. The zero-order chi connectivity index (χ0) is 15.1. The minimum atomic E-state index is 0.117. The summed E-state index contributed by atoms with van der Waals surface area (Å²) in [6.45, 7) is 5.77. The van der Waals surface area contributed by atoms with E-state index < -0.39 is 0 Å². The minimum absolute atomic E-state index is 0.117. The maximum atomic E-state index is 12.3. The van der Waals surface area contributed by atoms with Crippen molar-refractivity contribution in [2.45, 2.75) is 33.1 Å². The first-order chi connectivity index (χ1) is 10.2. The van der Waals surface area contributed by atoms with Crippen LogP contribution in [0.25, 0.3) is 11.3 Å². The number of hydrogen-bond acceptors (Lipinski definition) is 3. The Morgan fingerprint density at radius 3 is 2.43 bits per heavy atom. The summed E-state index contributed by atoms with van der Waals surface area (Å²) in [5, 5.41) is 4.01. The molecular weight excluding hydrogens is 264 g/mol. The predicted molar refractivity (Wildman–Crippen MR) is 82.8 cm³/mol. The number of benzene rings is 1. The first-order valence-corrected chi connectivity index (χ1v) is 7.53. The van der Waals surface area contributed by atoms with Gasteiger partial charge in [-0.05, 0) is 12.8 Å². The molecule has 1 aromatic carbocycles. The monoisotopic (exact) mass is 286 g/mol. The van der Waals surface area contributed by atoms with E-state index in [-0.39, 0.29) is 5.91 Å². The average Bonchev–Trinajstić information content (AvgIpc) is 2.96. The maximum Gasteiger partial charge on any atom is 0.228 e. The van der Waals surface area contributed by atoms with Gasteiger partial charge in [0.1, 0.15) is 0 Å². The van der Waals surface area contributed by atoms with E-state index in [1.165, 1.54) is 0 Å². The maximum absolute atomic E-state index is 12.3. The molecule has 0 aliphatic heterocycles. The van der Waals surface area contributed by atoms with E-state index in [0.717, 1.165) is 31.5 Å². The van der Waals surface area contributed by atoms with Gasteiger partial charge >= 0.3 is 0 Å². The molecule has 112 valence electrons. The lowest BCUT2D eigenvalue weighted by molar-refractivity contribution is -0.130. The van der Waals surface area contributed by atoms with Crippen molar-refractivity contribution in [3.8, 4) is 11.3 Å². The summed E-state index contributed by atoms with van der Waals surface area (Å²) in [7, 11) is 0. The van der Waals surface area contributed by atoms with E-state index in [2.05, 4.69) is 19.0 Å². The highest BCUT2D eigenvalue weighted by atomic mass is 16.5. The molecule has 1 aromatic heterocycles. The molecule has 0 spiro atoms. The number of carbonyl (C=O) groups is 1. The average molecular weight is 286 g/mol. The molecule has 0 fully saturated rings. The van der Waals surface area contributed by atoms with E-state index in [1.807, 2.05) is 41.3 Å². The van der Waals surface area contributed by atoms with Gasteiger partial charge in [-0.2, -0.15) is 0 Å². The van der Waals surface area contributed by atoms with Crippen LogP contribution in [0.5, 0.6) is 0 Å². The van der Waals surface area contributed by atoms with Crippen LogP contribution in [0.2, 0.25) is 0 Å². The zero-order valence-electron chi connectivity index (χ0n) is 12.7. The molecule has 0 N–H and O–H groups in total. The molecule has 0 aliphatic carbocycles. The predicted octanol–water partition coefficient (Wildman–Crippen LogP) is 3.53. The van der Waals surface area contributed by atoms with Crippen molar-refractivity contribution in [1.82, 2.24) is 10.1 Å². The first kappa shape index (κ1) is 15.3. The van der Waals surface area contributed by atoms with E-state index in [4.69, 9.17) is 4.52 Å². The van der Waals surface area contributed by atoms with Crippen molar-refractivity contribution in [2.75, 3.05) is 13.1 Å². The number of rotatable bonds is 7. The third kappa shape index (κ3) is 4.18. The normalized spacial score (nSPS) is 10.6. The Hall–Kier alpha value is -2.10. The van der Waals surface area contributed by atoms with Crippen LogP contribution in [0.3, 0.4) is 0 Å².